The van der Waals surface area contributed by atoms with Gasteiger partial charge < -0.3 is 15.0 Å². The van der Waals surface area contributed by atoms with E-state index >= 15 is 0 Å². The molecule has 7 heteroatoms. The molecule has 1 aliphatic heterocycles. The number of carbonyl (C=O) groups is 1. The summed E-state index contributed by atoms with van der Waals surface area (Å²) in [5.74, 6) is 0.322. The Labute approximate surface area is 119 Å². The Morgan fingerprint density at radius 2 is 2.21 bits per heavy atom. The number of hydrogen-bond donors (Lipinski definition) is 0. The van der Waals surface area contributed by atoms with Crippen LogP contribution in [-0.4, -0.2) is 38.2 Å². The summed E-state index contributed by atoms with van der Waals surface area (Å²) in [6, 6.07) is 2.88. The zero-order valence-electron chi connectivity index (χ0n) is 10.9. The molecule has 19 heavy (non-hydrogen) atoms. The summed E-state index contributed by atoms with van der Waals surface area (Å²) in [6.45, 7) is 3.48. The van der Waals surface area contributed by atoms with Crippen molar-refractivity contribution in [1.29, 1.82) is 0 Å². The van der Waals surface area contributed by atoms with E-state index in [2.05, 4.69) is 22.9 Å². The standard InChI is InChI=1S/C12H16BrN3O3/c1-8-5-6-15(7-9(8)13)12(17)10-3-4-11(14(10)2)16(18)19/h3-4,8-9H,5-7H2,1-2H3. The minimum atomic E-state index is -0.484. The number of rotatable bonds is 2. The topological polar surface area (TPSA) is 68.4 Å². The van der Waals surface area contributed by atoms with Crippen molar-refractivity contribution in [3.8, 4) is 0 Å². The first-order valence-corrected chi connectivity index (χ1v) is 7.07. The maximum absolute atomic E-state index is 12.4. The van der Waals surface area contributed by atoms with Crippen LogP contribution in [0.25, 0.3) is 0 Å². The number of alkyl halides is 1. The van der Waals surface area contributed by atoms with Crippen LogP contribution in [0.5, 0.6) is 0 Å². The van der Waals surface area contributed by atoms with Crippen molar-refractivity contribution in [3.63, 3.8) is 0 Å². The van der Waals surface area contributed by atoms with Crippen molar-refractivity contribution in [1.82, 2.24) is 9.47 Å². The van der Waals surface area contributed by atoms with E-state index < -0.39 is 4.92 Å². The first-order valence-electron chi connectivity index (χ1n) is 6.15. The second-order valence-electron chi connectivity index (χ2n) is 4.93. The molecule has 0 bridgehead atoms. The molecule has 2 rings (SSSR count). The number of likely N-dealkylation sites (tertiary alicyclic amines) is 1. The van der Waals surface area contributed by atoms with E-state index in [4.69, 9.17) is 0 Å². The Bertz CT molecular complexity index is 514. The minimum absolute atomic E-state index is 0.0656. The number of nitro groups is 1. The fraction of sp³-hybridized carbons (Fsp3) is 0.583. The molecule has 104 valence electrons. The van der Waals surface area contributed by atoms with Crippen molar-refractivity contribution in [2.45, 2.75) is 18.2 Å². The lowest BCUT2D eigenvalue weighted by Crippen LogP contribution is -2.44. The van der Waals surface area contributed by atoms with Gasteiger partial charge in [-0.3, -0.25) is 4.79 Å². The molecule has 0 spiro atoms. The number of aromatic nitrogens is 1. The molecule has 0 N–H and O–H groups in total. The van der Waals surface area contributed by atoms with Gasteiger partial charge in [-0.05, 0) is 23.3 Å². The lowest BCUT2D eigenvalue weighted by molar-refractivity contribution is -0.391. The maximum Gasteiger partial charge on any atom is 0.323 e. The molecular weight excluding hydrogens is 314 g/mol. The number of hydrogen-bond acceptors (Lipinski definition) is 3. The van der Waals surface area contributed by atoms with Gasteiger partial charge in [-0.25, -0.2) is 4.57 Å². The van der Waals surface area contributed by atoms with Crippen molar-refractivity contribution < 1.29 is 9.72 Å². The smallest absolute Gasteiger partial charge is 0.323 e. The van der Waals surface area contributed by atoms with E-state index in [0.29, 0.717) is 24.7 Å². The highest BCUT2D eigenvalue weighted by Crippen LogP contribution is 2.25. The van der Waals surface area contributed by atoms with Gasteiger partial charge in [-0.1, -0.05) is 22.9 Å². The lowest BCUT2D eigenvalue weighted by atomic mass is 9.99. The second kappa shape index (κ2) is 5.32. The van der Waals surface area contributed by atoms with E-state index in [1.807, 2.05) is 0 Å². The zero-order valence-corrected chi connectivity index (χ0v) is 12.5. The summed E-state index contributed by atoms with van der Waals surface area (Å²) in [4.78, 5) is 24.7. The van der Waals surface area contributed by atoms with Crippen LogP contribution < -0.4 is 0 Å². The van der Waals surface area contributed by atoms with Gasteiger partial charge in [0.25, 0.3) is 5.91 Å². The third-order valence-electron chi connectivity index (χ3n) is 3.66. The molecule has 1 saturated heterocycles. The molecule has 1 amide bonds. The molecule has 2 unspecified atom stereocenters. The van der Waals surface area contributed by atoms with Crippen LogP contribution in [0.15, 0.2) is 12.1 Å². The van der Waals surface area contributed by atoms with Crippen LogP contribution in [0, 0.1) is 16.0 Å². The van der Waals surface area contributed by atoms with Crippen molar-refractivity contribution >= 4 is 27.7 Å². The van der Waals surface area contributed by atoms with Crippen LogP contribution in [-0.2, 0) is 7.05 Å². The van der Waals surface area contributed by atoms with Crippen LogP contribution in [0.4, 0.5) is 5.82 Å². The average Bonchev–Trinajstić information content (AvgIpc) is 2.74. The van der Waals surface area contributed by atoms with Gasteiger partial charge in [0.05, 0.1) is 7.05 Å². The minimum Gasteiger partial charge on any atom is -0.358 e. The Morgan fingerprint density at radius 1 is 1.53 bits per heavy atom. The largest absolute Gasteiger partial charge is 0.358 e. The normalized spacial score (nSPS) is 23.4. The number of nitrogens with zero attached hydrogens (tertiary/aromatic N) is 3. The molecule has 1 aromatic rings. The lowest BCUT2D eigenvalue weighted by Gasteiger charge is -2.33. The fourth-order valence-corrected chi connectivity index (χ4v) is 2.88. The van der Waals surface area contributed by atoms with Gasteiger partial charge in [0.1, 0.15) is 0 Å². The number of halogens is 1. The Hall–Kier alpha value is -1.37. The third kappa shape index (κ3) is 2.65. The summed E-state index contributed by atoms with van der Waals surface area (Å²) in [7, 11) is 1.55. The first-order chi connectivity index (χ1) is 8.91. The zero-order chi connectivity index (χ0) is 14.2. The highest BCUT2D eigenvalue weighted by atomic mass is 79.9. The maximum atomic E-state index is 12.4. The van der Waals surface area contributed by atoms with E-state index in [0.717, 1.165) is 6.42 Å². The summed E-state index contributed by atoms with van der Waals surface area (Å²) < 4.78 is 1.34. The predicted molar refractivity (Wildman–Crippen MR) is 74.5 cm³/mol. The molecule has 0 radical (unpaired) electrons. The SMILES string of the molecule is CC1CCN(C(=O)c2ccc([N+](=O)[O-])n2C)CC1Br. The Kier molecular flexibility index (Phi) is 3.93. The molecule has 6 nitrogen and oxygen atoms in total. The third-order valence-corrected chi connectivity index (χ3v) is 4.85. The van der Waals surface area contributed by atoms with Crippen molar-refractivity contribution in [2.75, 3.05) is 13.1 Å². The molecule has 1 aliphatic rings. The number of amides is 1. The van der Waals surface area contributed by atoms with Crippen LogP contribution >= 0.6 is 15.9 Å². The van der Waals surface area contributed by atoms with Gasteiger partial charge in [-0.15, -0.1) is 0 Å². The summed E-state index contributed by atoms with van der Waals surface area (Å²) in [5.41, 5.74) is 0.362. The van der Waals surface area contributed by atoms with E-state index in [-0.39, 0.29) is 16.6 Å². The summed E-state index contributed by atoms with van der Waals surface area (Å²) >= 11 is 3.57. The fourth-order valence-electron chi connectivity index (χ4n) is 2.27. The highest BCUT2D eigenvalue weighted by molar-refractivity contribution is 9.09. The van der Waals surface area contributed by atoms with E-state index in [9.17, 15) is 14.9 Å². The Balaban J connectivity index is 2.18. The van der Waals surface area contributed by atoms with Crippen LogP contribution in [0.3, 0.4) is 0 Å². The second-order valence-corrected chi connectivity index (χ2v) is 6.10. The number of carbonyl (C=O) groups excluding carboxylic acids is 1. The van der Waals surface area contributed by atoms with Gasteiger partial charge in [0.15, 0.2) is 5.69 Å². The van der Waals surface area contributed by atoms with Gasteiger partial charge >= 0.3 is 5.82 Å². The summed E-state index contributed by atoms with van der Waals surface area (Å²) in [6.07, 6.45) is 0.939. The van der Waals surface area contributed by atoms with E-state index in [1.54, 1.807) is 11.9 Å². The highest BCUT2D eigenvalue weighted by Gasteiger charge is 2.31. The monoisotopic (exact) mass is 329 g/mol. The molecule has 0 saturated carbocycles. The molecule has 0 aromatic carbocycles. The van der Waals surface area contributed by atoms with Gasteiger partial charge in [-0.2, -0.15) is 0 Å². The van der Waals surface area contributed by atoms with E-state index in [1.165, 1.54) is 16.7 Å². The average molecular weight is 330 g/mol. The van der Waals surface area contributed by atoms with Crippen LogP contribution in [0.2, 0.25) is 0 Å². The molecule has 1 aromatic heterocycles. The molecule has 2 heterocycles. The van der Waals surface area contributed by atoms with Gasteiger partial charge in [0.2, 0.25) is 0 Å². The van der Waals surface area contributed by atoms with Crippen molar-refractivity contribution in [2.24, 2.45) is 13.0 Å². The van der Waals surface area contributed by atoms with Crippen molar-refractivity contribution in [3.05, 3.63) is 27.9 Å². The molecule has 2 atom stereocenters. The molecular formula is C12H16BrN3O3. The predicted octanol–water partition coefficient (Wildman–Crippen LogP) is 2.18. The summed E-state index contributed by atoms with van der Waals surface area (Å²) in [5, 5.41) is 10.8. The van der Waals surface area contributed by atoms with Gasteiger partial charge in [0, 0.05) is 24.0 Å². The first kappa shape index (κ1) is 14.0. The Morgan fingerprint density at radius 3 is 2.74 bits per heavy atom. The van der Waals surface area contributed by atoms with Crippen LogP contribution in [0.1, 0.15) is 23.8 Å². The molecule has 1 fully saturated rings. The number of piperidine rings is 1. The quantitative estimate of drug-likeness (QED) is 0.474. The molecule has 0 aliphatic carbocycles.